The van der Waals surface area contributed by atoms with Crippen molar-refractivity contribution < 1.29 is 14.4 Å². The molecular formula is C11H14N2O3. The van der Waals surface area contributed by atoms with Crippen LogP contribution >= 0.6 is 0 Å². The lowest BCUT2D eigenvalue weighted by Gasteiger charge is -2.40. The van der Waals surface area contributed by atoms with Crippen LogP contribution in [-0.2, 0) is 9.59 Å². The highest BCUT2D eigenvalue weighted by Crippen LogP contribution is 2.41. The minimum absolute atomic E-state index is 0.186. The summed E-state index contributed by atoms with van der Waals surface area (Å²) in [7, 11) is 0. The molecule has 1 atom stereocenters. The molecule has 1 unspecified atom stereocenters. The number of urea groups is 1. The van der Waals surface area contributed by atoms with Gasteiger partial charge in [-0.05, 0) is 25.7 Å². The number of amides is 4. The zero-order chi connectivity index (χ0) is 11.9. The topological polar surface area (TPSA) is 75.3 Å². The molecule has 86 valence electrons. The number of carbonyl (C=O) groups excluding carboxylic acids is 3. The number of hydrogen-bond donors (Lipinski definition) is 2. The molecule has 2 aliphatic rings. The number of carbonyl (C=O) groups is 3. The molecule has 2 rings (SSSR count). The Hall–Kier alpha value is -1.65. The summed E-state index contributed by atoms with van der Waals surface area (Å²) in [6.45, 7) is 3.81. The van der Waals surface area contributed by atoms with E-state index in [1.807, 2.05) is 19.9 Å². The third-order valence-corrected chi connectivity index (χ3v) is 3.49. The average Bonchev–Trinajstić information content (AvgIpc) is 2.15. The van der Waals surface area contributed by atoms with E-state index in [2.05, 4.69) is 10.6 Å². The fourth-order valence-electron chi connectivity index (χ4n) is 2.48. The van der Waals surface area contributed by atoms with Crippen molar-refractivity contribution in [2.24, 2.45) is 11.3 Å². The van der Waals surface area contributed by atoms with Crippen molar-refractivity contribution in [1.82, 2.24) is 10.6 Å². The van der Waals surface area contributed by atoms with Crippen molar-refractivity contribution >= 4 is 17.8 Å². The largest absolute Gasteiger partial charge is 0.328 e. The molecule has 5 heteroatoms. The van der Waals surface area contributed by atoms with E-state index >= 15 is 0 Å². The summed E-state index contributed by atoms with van der Waals surface area (Å²) in [5.74, 6) is -1.13. The van der Waals surface area contributed by atoms with Gasteiger partial charge in [0.15, 0.2) is 0 Å². The first-order valence-corrected chi connectivity index (χ1v) is 5.31. The van der Waals surface area contributed by atoms with Gasteiger partial charge in [0.2, 0.25) is 11.8 Å². The van der Waals surface area contributed by atoms with Crippen molar-refractivity contribution in [2.45, 2.75) is 26.7 Å². The summed E-state index contributed by atoms with van der Waals surface area (Å²) in [6, 6.07) is -0.723. The van der Waals surface area contributed by atoms with E-state index in [0.717, 1.165) is 0 Å². The standard InChI is InChI=1S/C11H14N2O3/c1-6-3-4-11(7(2)5-6)8(14)12-10(16)13-9(11)15/h5,7H,3-4H2,1-2H3,(H2,12,13,14,15,16). The monoisotopic (exact) mass is 222 g/mol. The van der Waals surface area contributed by atoms with Crippen molar-refractivity contribution in [1.29, 1.82) is 0 Å². The highest BCUT2D eigenvalue weighted by molar-refractivity contribution is 6.19. The van der Waals surface area contributed by atoms with Gasteiger partial charge in [0.05, 0.1) is 0 Å². The van der Waals surface area contributed by atoms with E-state index in [0.29, 0.717) is 12.8 Å². The van der Waals surface area contributed by atoms with Crippen molar-refractivity contribution in [3.8, 4) is 0 Å². The van der Waals surface area contributed by atoms with E-state index in [1.165, 1.54) is 5.57 Å². The molecule has 1 heterocycles. The molecule has 0 saturated carbocycles. The Kier molecular flexibility index (Phi) is 2.33. The number of hydrogen-bond acceptors (Lipinski definition) is 3. The first kappa shape index (κ1) is 10.9. The maximum Gasteiger partial charge on any atom is 0.328 e. The van der Waals surface area contributed by atoms with Crippen molar-refractivity contribution in [2.75, 3.05) is 0 Å². The fraction of sp³-hybridized carbons (Fsp3) is 0.545. The van der Waals surface area contributed by atoms with Gasteiger partial charge in [-0.3, -0.25) is 20.2 Å². The predicted octanol–water partition coefficient (Wildman–Crippen LogP) is 0.715. The van der Waals surface area contributed by atoms with Gasteiger partial charge < -0.3 is 0 Å². The second-order valence-corrected chi connectivity index (χ2v) is 4.51. The van der Waals surface area contributed by atoms with E-state index < -0.39 is 23.3 Å². The highest BCUT2D eigenvalue weighted by Gasteiger charge is 2.53. The van der Waals surface area contributed by atoms with Crippen LogP contribution < -0.4 is 10.6 Å². The molecule has 2 N–H and O–H groups in total. The molecule has 1 saturated heterocycles. The minimum atomic E-state index is -1.10. The lowest BCUT2D eigenvalue weighted by atomic mass is 9.66. The summed E-state index contributed by atoms with van der Waals surface area (Å²) in [5.41, 5.74) is 0.0728. The minimum Gasteiger partial charge on any atom is -0.277 e. The number of nitrogens with one attached hydrogen (secondary N) is 2. The van der Waals surface area contributed by atoms with Gasteiger partial charge in [-0.2, -0.15) is 0 Å². The van der Waals surface area contributed by atoms with Gasteiger partial charge in [0.1, 0.15) is 5.41 Å². The van der Waals surface area contributed by atoms with Crippen LogP contribution in [0.3, 0.4) is 0 Å². The van der Waals surface area contributed by atoms with Crippen LogP contribution in [0.15, 0.2) is 11.6 Å². The number of barbiturate groups is 1. The molecule has 0 bridgehead atoms. The lowest BCUT2D eigenvalue weighted by molar-refractivity contribution is -0.147. The van der Waals surface area contributed by atoms with Crippen molar-refractivity contribution in [3.05, 3.63) is 11.6 Å². The molecule has 1 aliphatic heterocycles. The zero-order valence-electron chi connectivity index (χ0n) is 9.29. The van der Waals surface area contributed by atoms with E-state index in [9.17, 15) is 14.4 Å². The lowest BCUT2D eigenvalue weighted by Crippen LogP contribution is -2.64. The van der Waals surface area contributed by atoms with Crippen molar-refractivity contribution in [3.63, 3.8) is 0 Å². The van der Waals surface area contributed by atoms with Gasteiger partial charge in [-0.15, -0.1) is 0 Å². The second-order valence-electron chi connectivity index (χ2n) is 4.51. The summed E-state index contributed by atoms with van der Waals surface area (Å²) in [4.78, 5) is 34.8. The number of imide groups is 2. The van der Waals surface area contributed by atoms with Crippen LogP contribution in [0.1, 0.15) is 26.7 Å². The summed E-state index contributed by atoms with van der Waals surface area (Å²) in [6.07, 6.45) is 3.10. The summed E-state index contributed by atoms with van der Waals surface area (Å²) in [5, 5.41) is 4.35. The highest BCUT2D eigenvalue weighted by atomic mass is 16.2. The normalized spacial score (nSPS) is 28.5. The molecular weight excluding hydrogens is 208 g/mol. The Labute approximate surface area is 93.3 Å². The Bertz CT molecular complexity index is 391. The molecule has 0 aromatic rings. The van der Waals surface area contributed by atoms with Gasteiger partial charge in [-0.25, -0.2) is 4.79 Å². The first-order valence-electron chi connectivity index (χ1n) is 5.31. The quantitative estimate of drug-likeness (QED) is 0.468. The van der Waals surface area contributed by atoms with E-state index in [1.54, 1.807) is 0 Å². The number of allylic oxidation sites excluding steroid dienone is 2. The second kappa shape index (κ2) is 3.43. The van der Waals surface area contributed by atoms with Crippen LogP contribution in [0, 0.1) is 11.3 Å². The SMILES string of the molecule is CC1=CC(C)C2(CC1)C(=O)NC(=O)NC2=O. The maximum atomic E-state index is 11.9. The Balaban J connectivity index is 2.41. The van der Waals surface area contributed by atoms with Crippen LogP contribution in [0.25, 0.3) is 0 Å². The van der Waals surface area contributed by atoms with Crippen LogP contribution in [0.2, 0.25) is 0 Å². The summed E-state index contributed by atoms with van der Waals surface area (Å²) < 4.78 is 0. The molecule has 1 fully saturated rings. The Morgan fingerprint density at radius 3 is 2.31 bits per heavy atom. The molecule has 1 aliphatic carbocycles. The molecule has 0 radical (unpaired) electrons. The van der Waals surface area contributed by atoms with Crippen LogP contribution in [0.4, 0.5) is 4.79 Å². The van der Waals surface area contributed by atoms with Gasteiger partial charge in [-0.1, -0.05) is 18.6 Å². The zero-order valence-corrected chi connectivity index (χ0v) is 9.29. The Morgan fingerprint density at radius 1 is 1.25 bits per heavy atom. The fourth-order valence-corrected chi connectivity index (χ4v) is 2.48. The average molecular weight is 222 g/mol. The molecule has 4 amide bonds. The van der Waals surface area contributed by atoms with Gasteiger partial charge >= 0.3 is 6.03 Å². The van der Waals surface area contributed by atoms with E-state index in [4.69, 9.17) is 0 Å². The smallest absolute Gasteiger partial charge is 0.277 e. The maximum absolute atomic E-state index is 11.9. The van der Waals surface area contributed by atoms with Gasteiger partial charge in [0, 0.05) is 0 Å². The Morgan fingerprint density at radius 2 is 1.81 bits per heavy atom. The molecule has 0 aromatic carbocycles. The molecule has 0 aromatic heterocycles. The first-order chi connectivity index (χ1) is 7.46. The predicted molar refractivity (Wildman–Crippen MR) is 56.3 cm³/mol. The van der Waals surface area contributed by atoms with Crippen LogP contribution in [0.5, 0.6) is 0 Å². The molecule has 1 spiro atoms. The van der Waals surface area contributed by atoms with E-state index in [-0.39, 0.29) is 5.92 Å². The summed E-state index contributed by atoms with van der Waals surface area (Å²) >= 11 is 0. The third kappa shape index (κ3) is 1.35. The third-order valence-electron chi connectivity index (χ3n) is 3.49. The number of rotatable bonds is 0. The molecule has 5 nitrogen and oxygen atoms in total. The van der Waals surface area contributed by atoms with Gasteiger partial charge in [0.25, 0.3) is 0 Å². The van der Waals surface area contributed by atoms with Crippen LogP contribution in [-0.4, -0.2) is 17.8 Å². The molecule has 16 heavy (non-hydrogen) atoms.